The molecular formula is C16H26FNO. The van der Waals surface area contributed by atoms with Gasteiger partial charge in [-0.3, -0.25) is 0 Å². The molecule has 0 radical (unpaired) electrons. The first-order chi connectivity index (χ1) is 8.48. The van der Waals surface area contributed by atoms with Crippen molar-refractivity contribution in [2.45, 2.75) is 58.4 Å². The molecule has 0 aliphatic rings. The second-order valence-corrected chi connectivity index (χ2v) is 7.23. The number of phenolic OH excluding ortho intramolecular Hbond substituents is 1. The number of alkyl halides is 1. The van der Waals surface area contributed by atoms with Crippen LogP contribution in [0.15, 0.2) is 12.1 Å². The van der Waals surface area contributed by atoms with Gasteiger partial charge in [-0.15, -0.1) is 0 Å². The van der Waals surface area contributed by atoms with Crippen LogP contribution in [0.3, 0.4) is 0 Å². The molecule has 3 heteroatoms. The fraction of sp³-hybridized carbons (Fsp3) is 0.625. The van der Waals surface area contributed by atoms with E-state index in [0.29, 0.717) is 5.75 Å². The van der Waals surface area contributed by atoms with Gasteiger partial charge in [0.25, 0.3) is 0 Å². The molecule has 108 valence electrons. The Morgan fingerprint density at radius 1 is 1.05 bits per heavy atom. The van der Waals surface area contributed by atoms with Gasteiger partial charge in [0.1, 0.15) is 12.4 Å². The molecule has 0 fully saturated rings. The lowest BCUT2D eigenvalue weighted by molar-refractivity contribution is 0.415. The monoisotopic (exact) mass is 267 g/mol. The highest BCUT2D eigenvalue weighted by molar-refractivity contribution is 5.50. The fourth-order valence-corrected chi connectivity index (χ4v) is 2.10. The Morgan fingerprint density at radius 2 is 1.42 bits per heavy atom. The van der Waals surface area contributed by atoms with Crippen LogP contribution in [0.25, 0.3) is 0 Å². The third kappa shape index (κ3) is 3.47. The molecule has 2 nitrogen and oxygen atoms in total. The first-order valence-electron chi connectivity index (χ1n) is 6.68. The summed E-state index contributed by atoms with van der Waals surface area (Å²) >= 11 is 0. The summed E-state index contributed by atoms with van der Waals surface area (Å²) in [6.45, 7) is 11.6. The van der Waals surface area contributed by atoms with Crippen molar-refractivity contribution in [1.82, 2.24) is 0 Å². The van der Waals surface area contributed by atoms with Crippen molar-refractivity contribution >= 4 is 0 Å². The molecule has 1 aromatic carbocycles. The van der Waals surface area contributed by atoms with Crippen LogP contribution in [-0.4, -0.2) is 11.8 Å². The molecule has 0 bridgehead atoms. The van der Waals surface area contributed by atoms with E-state index in [0.717, 1.165) is 16.7 Å². The Hall–Kier alpha value is -1.09. The minimum absolute atomic E-state index is 0.212. The molecule has 0 spiro atoms. The molecule has 0 amide bonds. The predicted molar refractivity (Wildman–Crippen MR) is 78.4 cm³/mol. The van der Waals surface area contributed by atoms with Crippen LogP contribution in [0.1, 0.15) is 64.3 Å². The molecule has 1 rings (SSSR count). The van der Waals surface area contributed by atoms with Gasteiger partial charge in [0.05, 0.1) is 6.04 Å². The van der Waals surface area contributed by atoms with Gasteiger partial charge >= 0.3 is 0 Å². The molecule has 0 aliphatic heterocycles. The standard InChI is InChI=1S/C16H26FNO/c1-15(2,3)11-7-10(13(18)9-17)8-12(14(11)19)16(4,5)6/h7-8,13,19H,9,18H2,1-6H3/t13-/m0/s1. The van der Waals surface area contributed by atoms with Crippen LogP contribution in [0.5, 0.6) is 5.75 Å². The lowest BCUT2D eigenvalue weighted by atomic mass is 9.78. The summed E-state index contributed by atoms with van der Waals surface area (Å²) in [6, 6.07) is 3.02. The number of phenols is 1. The Bertz CT molecular complexity index is 420. The Balaban J connectivity index is 3.57. The number of rotatable bonds is 2. The SMILES string of the molecule is CC(C)(C)c1cc([C@@H](N)CF)cc(C(C)(C)C)c1O. The predicted octanol–water partition coefficient (Wildman–Crippen LogP) is 3.96. The van der Waals surface area contributed by atoms with E-state index < -0.39 is 12.7 Å². The van der Waals surface area contributed by atoms with Crippen LogP contribution in [0, 0.1) is 0 Å². The lowest BCUT2D eigenvalue weighted by Gasteiger charge is -2.29. The highest BCUT2D eigenvalue weighted by atomic mass is 19.1. The molecule has 0 saturated heterocycles. The van der Waals surface area contributed by atoms with E-state index in [1.807, 2.05) is 53.7 Å². The number of hydrogen-bond acceptors (Lipinski definition) is 2. The van der Waals surface area contributed by atoms with Gasteiger partial charge in [-0.05, 0) is 39.7 Å². The zero-order valence-corrected chi connectivity index (χ0v) is 12.8. The maximum absolute atomic E-state index is 12.8. The number of halogens is 1. The topological polar surface area (TPSA) is 46.2 Å². The number of nitrogens with two attached hydrogens (primary N) is 1. The third-order valence-electron chi connectivity index (χ3n) is 3.34. The van der Waals surface area contributed by atoms with E-state index in [9.17, 15) is 9.50 Å². The van der Waals surface area contributed by atoms with Gasteiger partial charge in [0, 0.05) is 0 Å². The number of aromatic hydroxyl groups is 1. The van der Waals surface area contributed by atoms with Crippen molar-refractivity contribution in [2.75, 3.05) is 6.67 Å². The highest BCUT2D eigenvalue weighted by Crippen LogP contribution is 2.40. The summed E-state index contributed by atoms with van der Waals surface area (Å²) in [6.07, 6.45) is 0. The van der Waals surface area contributed by atoms with Gasteiger partial charge in [-0.1, -0.05) is 41.5 Å². The van der Waals surface area contributed by atoms with Crippen molar-refractivity contribution in [3.05, 3.63) is 28.8 Å². The normalized spacial score (nSPS) is 14.5. The number of benzene rings is 1. The Morgan fingerprint density at radius 3 is 1.68 bits per heavy atom. The molecule has 1 atom stereocenters. The second-order valence-electron chi connectivity index (χ2n) is 7.23. The van der Waals surface area contributed by atoms with Crippen molar-refractivity contribution < 1.29 is 9.50 Å². The van der Waals surface area contributed by atoms with Crippen molar-refractivity contribution in [1.29, 1.82) is 0 Å². The lowest BCUT2D eigenvalue weighted by Crippen LogP contribution is -2.20. The molecule has 0 heterocycles. The van der Waals surface area contributed by atoms with E-state index in [1.165, 1.54) is 0 Å². The Kier molecular flexibility index (Phi) is 4.30. The quantitative estimate of drug-likeness (QED) is 0.852. The summed E-state index contributed by atoms with van der Waals surface area (Å²) in [5.41, 5.74) is 7.77. The molecule has 0 aromatic heterocycles. The third-order valence-corrected chi connectivity index (χ3v) is 3.34. The molecule has 19 heavy (non-hydrogen) atoms. The summed E-state index contributed by atoms with van der Waals surface area (Å²) in [5, 5.41) is 10.5. The summed E-state index contributed by atoms with van der Waals surface area (Å²) < 4.78 is 12.8. The van der Waals surface area contributed by atoms with E-state index in [-0.39, 0.29) is 10.8 Å². The average molecular weight is 267 g/mol. The van der Waals surface area contributed by atoms with Gasteiger partial charge < -0.3 is 10.8 Å². The van der Waals surface area contributed by atoms with Crippen LogP contribution < -0.4 is 5.73 Å². The largest absolute Gasteiger partial charge is 0.507 e. The van der Waals surface area contributed by atoms with Crippen molar-refractivity contribution in [3.8, 4) is 5.75 Å². The van der Waals surface area contributed by atoms with E-state index in [1.54, 1.807) is 0 Å². The molecular weight excluding hydrogens is 241 g/mol. The van der Waals surface area contributed by atoms with Gasteiger partial charge in [0.2, 0.25) is 0 Å². The zero-order chi connectivity index (χ0) is 15.0. The zero-order valence-electron chi connectivity index (χ0n) is 12.8. The van der Waals surface area contributed by atoms with E-state index in [4.69, 9.17) is 5.73 Å². The van der Waals surface area contributed by atoms with E-state index >= 15 is 0 Å². The van der Waals surface area contributed by atoms with Crippen molar-refractivity contribution in [3.63, 3.8) is 0 Å². The number of hydrogen-bond donors (Lipinski definition) is 2. The first-order valence-corrected chi connectivity index (χ1v) is 6.68. The maximum atomic E-state index is 12.8. The van der Waals surface area contributed by atoms with Crippen LogP contribution >= 0.6 is 0 Å². The minimum atomic E-state index is -0.636. The fourth-order valence-electron chi connectivity index (χ4n) is 2.10. The molecule has 0 unspecified atom stereocenters. The van der Waals surface area contributed by atoms with Gasteiger partial charge in [-0.25, -0.2) is 4.39 Å². The van der Waals surface area contributed by atoms with Crippen LogP contribution in [0.2, 0.25) is 0 Å². The molecule has 1 aromatic rings. The Labute approximate surface area is 115 Å². The van der Waals surface area contributed by atoms with Crippen LogP contribution in [-0.2, 0) is 10.8 Å². The highest BCUT2D eigenvalue weighted by Gasteiger charge is 2.27. The van der Waals surface area contributed by atoms with Crippen LogP contribution in [0.4, 0.5) is 4.39 Å². The van der Waals surface area contributed by atoms with E-state index in [2.05, 4.69) is 0 Å². The average Bonchev–Trinajstić information content (AvgIpc) is 2.25. The minimum Gasteiger partial charge on any atom is -0.507 e. The molecule has 3 N–H and O–H groups in total. The van der Waals surface area contributed by atoms with Gasteiger partial charge in [-0.2, -0.15) is 0 Å². The second kappa shape index (κ2) is 5.12. The summed E-state index contributed by atoms with van der Waals surface area (Å²) in [7, 11) is 0. The summed E-state index contributed by atoms with van der Waals surface area (Å²) in [5.74, 6) is 0.301. The molecule has 0 aliphatic carbocycles. The smallest absolute Gasteiger partial charge is 0.123 e. The van der Waals surface area contributed by atoms with Crippen molar-refractivity contribution in [2.24, 2.45) is 5.73 Å². The molecule has 0 saturated carbocycles. The maximum Gasteiger partial charge on any atom is 0.123 e. The first kappa shape index (κ1) is 16.0. The summed E-state index contributed by atoms with van der Waals surface area (Å²) in [4.78, 5) is 0. The van der Waals surface area contributed by atoms with Gasteiger partial charge in [0.15, 0.2) is 0 Å².